The highest BCUT2D eigenvalue weighted by Gasteiger charge is 2.09. The van der Waals surface area contributed by atoms with Crippen LogP contribution < -0.4 is 4.74 Å². The van der Waals surface area contributed by atoms with Gasteiger partial charge in [0.2, 0.25) is 5.88 Å². The third-order valence-electron chi connectivity index (χ3n) is 2.50. The summed E-state index contributed by atoms with van der Waals surface area (Å²) in [6.07, 6.45) is 3.37. The smallest absolute Gasteiger partial charge is 0.247 e. The molecule has 18 heavy (non-hydrogen) atoms. The highest BCUT2D eigenvalue weighted by molar-refractivity contribution is 6.34. The minimum Gasteiger partial charge on any atom is -0.434 e. The number of nitrogens with zero attached hydrogens (tertiary/aromatic N) is 4. The summed E-state index contributed by atoms with van der Waals surface area (Å²) in [5.74, 6) is 1.03. The summed E-state index contributed by atoms with van der Waals surface area (Å²) in [5, 5.41) is 13.9. The van der Waals surface area contributed by atoms with Crippen LogP contribution in [0.25, 0.3) is 10.8 Å². The van der Waals surface area contributed by atoms with E-state index in [0.29, 0.717) is 16.8 Å². The molecule has 0 saturated carbocycles. The van der Waals surface area contributed by atoms with E-state index in [4.69, 9.17) is 16.3 Å². The second kappa shape index (κ2) is 4.27. The van der Waals surface area contributed by atoms with Crippen LogP contribution in [0, 0.1) is 0 Å². The molecule has 90 valence electrons. The topological polar surface area (TPSA) is 52.8 Å². The maximum Gasteiger partial charge on any atom is 0.247 e. The summed E-state index contributed by atoms with van der Waals surface area (Å²) < 4.78 is 7.31. The molecule has 5 nitrogen and oxygen atoms in total. The second-order valence-corrected chi connectivity index (χ2v) is 4.15. The fourth-order valence-electron chi connectivity index (χ4n) is 1.69. The lowest BCUT2D eigenvalue weighted by Crippen LogP contribution is -1.92. The maximum absolute atomic E-state index is 5.99. The number of fused-ring (bicyclic) bond motifs is 1. The molecule has 0 bridgehead atoms. The van der Waals surface area contributed by atoms with E-state index in [-0.39, 0.29) is 0 Å². The number of ether oxygens (including phenoxy) is 1. The van der Waals surface area contributed by atoms with Crippen LogP contribution in [-0.2, 0) is 7.05 Å². The largest absolute Gasteiger partial charge is 0.434 e. The molecule has 0 atom stereocenters. The molecule has 0 aliphatic rings. The first-order valence-corrected chi connectivity index (χ1v) is 5.69. The molecule has 1 aromatic carbocycles. The van der Waals surface area contributed by atoms with Gasteiger partial charge in [-0.1, -0.05) is 29.8 Å². The van der Waals surface area contributed by atoms with Gasteiger partial charge in [0.15, 0.2) is 10.9 Å². The normalized spacial score (nSPS) is 10.8. The second-order valence-electron chi connectivity index (χ2n) is 3.79. The molecule has 2 aromatic heterocycles. The molecule has 0 radical (unpaired) electrons. The highest BCUT2D eigenvalue weighted by Crippen LogP contribution is 2.29. The minimum absolute atomic E-state index is 0.365. The first-order valence-electron chi connectivity index (χ1n) is 5.31. The Morgan fingerprint density at radius 1 is 1.17 bits per heavy atom. The highest BCUT2D eigenvalue weighted by atomic mass is 35.5. The average molecular weight is 261 g/mol. The summed E-state index contributed by atoms with van der Waals surface area (Å²) in [4.78, 5) is 0. The van der Waals surface area contributed by atoms with Gasteiger partial charge in [0.05, 0.1) is 12.4 Å². The Kier molecular flexibility index (Phi) is 2.60. The summed E-state index contributed by atoms with van der Waals surface area (Å²) in [5.41, 5.74) is 0. The summed E-state index contributed by atoms with van der Waals surface area (Å²) >= 11 is 5.99. The fraction of sp³-hybridized carbons (Fsp3) is 0.0833. The molecule has 0 N–H and O–H groups in total. The van der Waals surface area contributed by atoms with E-state index in [2.05, 4.69) is 15.3 Å². The van der Waals surface area contributed by atoms with Crippen LogP contribution in [0.4, 0.5) is 0 Å². The summed E-state index contributed by atoms with van der Waals surface area (Å²) in [6.45, 7) is 0. The number of halogens is 1. The number of hydrogen-bond donors (Lipinski definition) is 0. The van der Waals surface area contributed by atoms with Crippen molar-refractivity contribution >= 4 is 22.4 Å². The third-order valence-corrected chi connectivity index (χ3v) is 2.78. The Labute approximate surface area is 108 Å². The number of aryl methyl sites for hydroxylation is 1. The Morgan fingerprint density at radius 3 is 2.67 bits per heavy atom. The Hall–Kier alpha value is -2.14. The molecule has 0 saturated heterocycles. The number of rotatable bonds is 2. The van der Waals surface area contributed by atoms with E-state index in [9.17, 15) is 0 Å². The van der Waals surface area contributed by atoms with Crippen LogP contribution in [-0.4, -0.2) is 20.0 Å². The van der Waals surface area contributed by atoms with Gasteiger partial charge in [-0.2, -0.15) is 5.10 Å². The molecule has 3 aromatic rings. The van der Waals surface area contributed by atoms with Gasteiger partial charge in [-0.3, -0.25) is 4.68 Å². The zero-order chi connectivity index (χ0) is 12.5. The lowest BCUT2D eigenvalue weighted by Gasteiger charge is -2.05. The Morgan fingerprint density at radius 2 is 1.94 bits per heavy atom. The molecule has 6 heteroatoms. The van der Waals surface area contributed by atoms with E-state index in [1.807, 2.05) is 31.3 Å². The van der Waals surface area contributed by atoms with Gasteiger partial charge in [-0.25, -0.2) is 0 Å². The van der Waals surface area contributed by atoms with Gasteiger partial charge in [0.1, 0.15) is 0 Å². The van der Waals surface area contributed by atoms with E-state index < -0.39 is 0 Å². The van der Waals surface area contributed by atoms with Gasteiger partial charge in [-0.15, -0.1) is 10.2 Å². The van der Waals surface area contributed by atoms with E-state index in [0.717, 1.165) is 10.8 Å². The monoisotopic (exact) mass is 260 g/mol. The van der Waals surface area contributed by atoms with Crippen LogP contribution in [0.3, 0.4) is 0 Å². The van der Waals surface area contributed by atoms with Crippen molar-refractivity contribution in [2.45, 2.75) is 0 Å². The lowest BCUT2D eigenvalue weighted by molar-refractivity contribution is 0.461. The van der Waals surface area contributed by atoms with E-state index in [1.165, 1.54) is 0 Å². The quantitative estimate of drug-likeness (QED) is 0.711. The van der Waals surface area contributed by atoms with Crippen LogP contribution >= 0.6 is 11.6 Å². The van der Waals surface area contributed by atoms with Gasteiger partial charge < -0.3 is 4.74 Å². The van der Waals surface area contributed by atoms with Gasteiger partial charge in [0, 0.05) is 17.8 Å². The molecule has 0 fully saturated rings. The van der Waals surface area contributed by atoms with Crippen LogP contribution in [0.15, 0.2) is 36.7 Å². The van der Waals surface area contributed by atoms with Crippen molar-refractivity contribution in [3.05, 3.63) is 41.8 Å². The molecular weight excluding hydrogens is 252 g/mol. The first kappa shape index (κ1) is 11.0. The van der Waals surface area contributed by atoms with Crippen molar-refractivity contribution in [3.63, 3.8) is 0 Å². The molecule has 3 rings (SSSR count). The maximum atomic E-state index is 5.99. The van der Waals surface area contributed by atoms with Crippen LogP contribution in [0.1, 0.15) is 0 Å². The Bertz CT molecular complexity index is 710. The summed E-state index contributed by atoms with van der Waals surface area (Å²) in [7, 11) is 1.82. The predicted molar refractivity (Wildman–Crippen MR) is 67.8 cm³/mol. The Balaban J connectivity index is 2.09. The minimum atomic E-state index is 0.365. The van der Waals surface area contributed by atoms with Gasteiger partial charge in [0.25, 0.3) is 0 Å². The number of benzene rings is 1. The van der Waals surface area contributed by atoms with Crippen LogP contribution in [0.2, 0.25) is 5.15 Å². The number of aromatic nitrogens is 4. The van der Waals surface area contributed by atoms with E-state index in [1.54, 1.807) is 17.1 Å². The zero-order valence-corrected chi connectivity index (χ0v) is 10.3. The summed E-state index contributed by atoms with van der Waals surface area (Å²) in [6, 6.07) is 7.56. The molecule has 0 amide bonds. The van der Waals surface area contributed by atoms with Crippen molar-refractivity contribution in [2.24, 2.45) is 7.05 Å². The van der Waals surface area contributed by atoms with Crippen molar-refractivity contribution in [1.82, 2.24) is 20.0 Å². The standard InChI is InChI=1S/C12H9ClN4O/c1-17-7-8(6-14-17)18-12-10-5-3-2-4-9(10)11(13)15-16-12/h2-7H,1H3. The average Bonchev–Trinajstić information content (AvgIpc) is 2.79. The first-order chi connectivity index (χ1) is 8.74. The van der Waals surface area contributed by atoms with Gasteiger partial charge >= 0.3 is 0 Å². The van der Waals surface area contributed by atoms with Crippen LogP contribution in [0.5, 0.6) is 11.6 Å². The van der Waals surface area contributed by atoms with E-state index >= 15 is 0 Å². The van der Waals surface area contributed by atoms with Crippen molar-refractivity contribution < 1.29 is 4.74 Å². The van der Waals surface area contributed by atoms with Gasteiger partial charge in [-0.05, 0) is 6.07 Å². The number of hydrogen-bond acceptors (Lipinski definition) is 4. The molecule has 0 spiro atoms. The fourth-order valence-corrected chi connectivity index (χ4v) is 1.89. The van der Waals surface area contributed by atoms with Crippen molar-refractivity contribution in [3.8, 4) is 11.6 Å². The molecular formula is C12H9ClN4O. The lowest BCUT2D eigenvalue weighted by atomic mass is 10.2. The zero-order valence-electron chi connectivity index (χ0n) is 9.54. The van der Waals surface area contributed by atoms with Crippen molar-refractivity contribution in [2.75, 3.05) is 0 Å². The molecule has 0 unspecified atom stereocenters. The molecule has 0 aliphatic heterocycles. The SMILES string of the molecule is Cn1cc(Oc2nnc(Cl)c3ccccc23)cn1. The van der Waals surface area contributed by atoms with Crippen molar-refractivity contribution in [1.29, 1.82) is 0 Å². The molecule has 2 heterocycles. The predicted octanol–water partition coefficient (Wildman–Crippen LogP) is 2.81. The third kappa shape index (κ3) is 1.89. The molecule has 0 aliphatic carbocycles.